The molecule has 1 unspecified atom stereocenters. The molecule has 0 radical (unpaired) electrons. The van der Waals surface area contributed by atoms with Crippen LogP contribution >= 0.6 is 0 Å². The zero-order valence-corrected chi connectivity index (χ0v) is 22.7. The smallest absolute Gasteiger partial charge is 0.283 e. The summed E-state index contributed by atoms with van der Waals surface area (Å²) in [7, 11) is -0.767. The number of amides is 1. The van der Waals surface area contributed by atoms with Gasteiger partial charge in [0.05, 0.1) is 16.6 Å². The Balaban J connectivity index is 1.28. The van der Waals surface area contributed by atoms with E-state index in [0.717, 1.165) is 36.8 Å². The first-order valence-electron chi connectivity index (χ1n) is 12.7. The Bertz CT molecular complexity index is 1870. The van der Waals surface area contributed by atoms with Crippen LogP contribution < -0.4 is 4.84 Å². The first kappa shape index (κ1) is 25.7. The van der Waals surface area contributed by atoms with E-state index >= 15 is 0 Å². The molecule has 0 saturated heterocycles. The predicted molar refractivity (Wildman–Crippen MR) is 151 cm³/mol. The fourth-order valence-corrected chi connectivity index (χ4v) is 5.67. The fourth-order valence-electron chi connectivity index (χ4n) is 4.75. The quantitative estimate of drug-likeness (QED) is 0.304. The molecule has 5 aromatic rings. The lowest BCUT2D eigenvalue weighted by atomic mass is 9.97. The molecular weight excluding hydrogens is 528 g/mol. The minimum Gasteiger partial charge on any atom is -0.385 e. The number of rotatable bonds is 7. The standard InChI is InChI=1S/C29H26N6O4S/c1-33(2)40(37,38)24-14-15-25-28(17-24)35(32-30-25)39-19-29(36)34-27(21-9-4-3-5-10-21)18-26(31-34)23-13-12-20-8-6-7-11-22(20)16-23/h3-17,27H,18-19H2,1-2H3. The second-order valence-corrected chi connectivity index (χ2v) is 11.8. The van der Waals surface area contributed by atoms with E-state index in [2.05, 4.69) is 34.6 Å². The van der Waals surface area contributed by atoms with E-state index in [9.17, 15) is 13.2 Å². The topological polar surface area (TPSA) is 110 Å². The summed E-state index contributed by atoms with van der Waals surface area (Å²) in [6, 6.07) is 28.1. The second kappa shape index (κ2) is 10.2. The van der Waals surface area contributed by atoms with E-state index < -0.39 is 10.0 Å². The molecule has 6 rings (SSSR count). The summed E-state index contributed by atoms with van der Waals surface area (Å²) in [5.74, 6) is -0.370. The lowest BCUT2D eigenvalue weighted by Crippen LogP contribution is -2.34. The van der Waals surface area contributed by atoms with Crippen LogP contribution in [0.4, 0.5) is 0 Å². The van der Waals surface area contributed by atoms with Crippen LogP contribution in [0.25, 0.3) is 21.8 Å². The minimum absolute atomic E-state index is 0.0665. The van der Waals surface area contributed by atoms with Gasteiger partial charge in [0.2, 0.25) is 10.0 Å². The van der Waals surface area contributed by atoms with Gasteiger partial charge >= 0.3 is 0 Å². The molecule has 1 aromatic heterocycles. The summed E-state index contributed by atoms with van der Waals surface area (Å²) in [4.78, 5) is 20.4. The Morgan fingerprint density at radius 3 is 2.48 bits per heavy atom. The van der Waals surface area contributed by atoms with Crippen molar-refractivity contribution in [3.8, 4) is 0 Å². The van der Waals surface area contributed by atoms with Crippen molar-refractivity contribution in [3.05, 3.63) is 102 Å². The number of carbonyl (C=O) groups excluding carboxylic acids is 1. The Kier molecular flexibility index (Phi) is 6.53. The molecule has 2 heterocycles. The molecule has 0 aliphatic carbocycles. The zero-order valence-electron chi connectivity index (χ0n) is 21.9. The third-order valence-corrected chi connectivity index (χ3v) is 8.72. The summed E-state index contributed by atoms with van der Waals surface area (Å²) in [5.41, 5.74) is 3.48. The van der Waals surface area contributed by atoms with Gasteiger partial charge in [0.1, 0.15) is 11.0 Å². The molecule has 0 bridgehead atoms. The number of benzene rings is 4. The van der Waals surface area contributed by atoms with Crippen LogP contribution in [0.1, 0.15) is 23.6 Å². The van der Waals surface area contributed by atoms with Gasteiger partial charge in [0.25, 0.3) is 5.91 Å². The molecule has 0 fully saturated rings. The number of nitrogens with zero attached hydrogens (tertiary/aromatic N) is 6. The average Bonchev–Trinajstić information content (AvgIpc) is 3.61. The SMILES string of the molecule is CN(C)S(=O)(=O)c1ccc2nnn(OCC(=O)N3N=C(c4ccc5ccccc5c4)CC3c3ccccc3)c2c1. The van der Waals surface area contributed by atoms with E-state index in [-0.39, 0.29) is 23.5 Å². The third kappa shape index (κ3) is 4.69. The number of fused-ring (bicyclic) bond motifs is 2. The van der Waals surface area contributed by atoms with Crippen molar-refractivity contribution in [2.75, 3.05) is 20.7 Å². The van der Waals surface area contributed by atoms with Crippen molar-refractivity contribution in [1.82, 2.24) is 24.5 Å². The van der Waals surface area contributed by atoms with Crippen LogP contribution in [-0.2, 0) is 14.8 Å². The van der Waals surface area contributed by atoms with Gasteiger partial charge in [-0.1, -0.05) is 71.6 Å². The molecule has 202 valence electrons. The Labute approximate surface area is 231 Å². The normalized spacial score (nSPS) is 15.6. The van der Waals surface area contributed by atoms with Gasteiger partial charge < -0.3 is 4.84 Å². The highest BCUT2D eigenvalue weighted by Gasteiger charge is 2.33. The van der Waals surface area contributed by atoms with Crippen LogP contribution in [0.5, 0.6) is 0 Å². The van der Waals surface area contributed by atoms with Crippen LogP contribution in [0.15, 0.2) is 101 Å². The molecule has 0 spiro atoms. The van der Waals surface area contributed by atoms with Gasteiger partial charge in [-0.05, 0) is 51.4 Å². The molecule has 4 aromatic carbocycles. The average molecular weight is 555 g/mol. The molecule has 1 aliphatic heterocycles. The van der Waals surface area contributed by atoms with Gasteiger partial charge in [-0.15, -0.1) is 5.10 Å². The minimum atomic E-state index is -3.68. The van der Waals surface area contributed by atoms with Gasteiger partial charge in [0, 0.05) is 20.5 Å². The fraction of sp³-hybridized carbons (Fsp3) is 0.172. The van der Waals surface area contributed by atoms with Gasteiger partial charge in [-0.3, -0.25) is 4.79 Å². The lowest BCUT2D eigenvalue weighted by molar-refractivity contribution is -0.138. The Hall–Kier alpha value is -4.61. The number of hydrazone groups is 1. The molecular formula is C29H26N6O4S. The van der Waals surface area contributed by atoms with Crippen LogP contribution in [-0.4, -0.2) is 65.2 Å². The summed E-state index contributed by atoms with van der Waals surface area (Å²) >= 11 is 0. The van der Waals surface area contributed by atoms with Gasteiger partial charge in [-0.25, -0.2) is 17.7 Å². The van der Waals surface area contributed by atoms with E-state index in [4.69, 9.17) is 9.94 Å². The summed E-state index contributed by atoms with van der Waals surface area (Å²) in [6.07, 6.45) is 0.548. The van der Waals surface area contributed by atoms with E-state index in [1.165, 1.54) is 31.2 Å². The first-order chi connectivity index (χ1) is 19.3. The molecule has 11 heteroatoms. The van der Waals surface area contributed by atoms with Gasteiger partial charge in [-0.2, -0.15) is 5.10 Å². The van der Waals surface area contributed by atoms with Crippen molar-refractivity contribution in [1.29, 1.82) is 0 Å². The monoisotopic (exact) mass is 554 g/mol. The maximum absolute atomic E-state index is 13.5. The molecule has 1 aliphatic rings. The lowest BCUT2D eigenvalue weighted by Gasteiger charge is -2.21. The van der Waals surface area contributed by atoms with Crippen molar-refractivity contribution < 1.29 is 18.0 Å². The molecule has 0 N–H and O–H groups in total. The van der Waals surface area contributed by atoms with E-state index in [1.54, 1.807) is 6.07 Å². The number of carbonyl (C=O) groups is 1. The van der Waals surface area contributed by atoms with Crippen LogP contribution in [0, 0.1) is 0 Å². The van der Waals surface area contributed by atoms with Crippen LogP contribution in [0.3, 0.4) is 0 Å². The summed E-state index contributed by atoms with van der Waals surface area (Å²) < 4.78 is 26.3. The van der Waals surface area contributed by atoms with Crippen molar-refractivity contribution in [2.45, 2.75) is 17.4 Å². The highest BCUT2D eigenvalue weighted by Crippen LogP contribution is 2.33. The zero-order chi connectivity index (χ0) is 27.9. The highest BCUT2D eigenvalue weighted by molar-refractivity contribution is 7.89. The number of aromatic nitrogens is 3. The highest BCUT2D eigenvalue weighted by atomic mass is 32.2. The van der Waals surface area contributed by atoms with Crippen LogP contribution in [0.2, 0.25) is 0 Å². The molecule has 40 heavy (non-hydrogen) atoms. The maximum Gasteiger partial charge on any atom is 0.283 e. The van der Waals surface area contributed by atoms with Crippen molar-refractivity contribution in [3.63, 3.8) is 0 Å². The van der Waals surface area contributed by atoms with Gasteiger partial charge in [0.15, 0.2) is 6.61 Å². The molecule has 0 saturated carbocycles. The Morgan fingerprint density at radius 1 is 0.950 bits per heavy atom. The third-order valence-electron chi connectivity index (χ3n) is 6.91. The van der Waals surface area contributed by atoms with E-state index in [0.29, 0.717) is 17.5 Å². The number of sulfonamides is 1. The second-order valence-electron chi connectivity index (χ2n) is 9.65. The number of hydrogen-bond acceptors (Lipinski definition) is 7. The summed E-state index contributed by atoms with van der Waals surface area (Å²) in [5, 5.41) is 16.4. The Morgan fingerprint density at radius 2 is 1.70 bits per heavy atom. The van der Waals surface area contributed by atoms with Crippen molar-refractivity contribution in [2.24, 2.45) is 5.10 Å². The summed E-state index contributed by atoms with van der Waals surface area (Å²) in [6.45, 7) is -0.374. The first-order valence-corrected chi connectivity index (χ1v) is 14.1. The van der Waals surface area contributed by atoms with E-state index in [1.807, 2.05) is 48.5 Å². The molecule has 10 nitrogen and oxygen atoms in total. The maximum atomic E-state index is 13.5. The molecule has 1 amide bonds. The number of hydrogen-bond donors (Lipinski definition) is 0. The predicted octanol–water partition coefficient (Wildman–Crippen LogP) is 3.64. The largest absolute Gasteiger partial charge is 0.385 e. The van der Waals surface area contributed by atoms with Crippen molar-refractivity contribution >= 4 is 43.4 Å². The molecule has 1 atom stereocenters.